The van der Waals surface area contributed by atoms with Gasteiger partial charge in [0.15, 0.2) is 5.69 Å². The Hall–Kier alpha value is -2.32. The molecule has 0 spiro atoms. The van der Waals surface area contributed by atoms with Crippen molar-refractivity contribution in [2.75, 3.05) is 25.1 Å². The lowest BCUT2D eigenvalue weighted by Crippen LogP contribution is -2.36. The van der Waals surface area contributed by atoms with E-state index in [0.29, 0.717) is 5.95 Å². The fourth-order valence-corrected chi connectivity index (χ4v) is 2.45. The lowest BCUT2D eigenvalue weighted by molar-refractivity contribution is 0.0592. The highest BCUT2D eigenvalue weighted by molar-refractivity contribution is 6.35. The molecule has 8 nitrogen and oxygen atoms in total. The lowest BCUT2D eigenvalue weighted by Gasteiger charge is -2.24. The Labute approximate surface area is 121 Å². The topological polar surface area (TPSA) is 92.6 Å². The van der Waals surface area contributed by atoms with E-state index in [1.807, 2.05) is 4.90 Å². The highest BCUT2D eigenvalue weighted by Crippen LogP contribution is 2.16. The van der Waals surface area contributed by atoms with Gasteiger partial charge in [-0.3, -0.25) is 9.78 Å². The molecular weight excluding hydrogens is 273 g/mol. The molecule has 0 unspecified atom stereocenters. The van der Waals surface area contributed by atoms with E-state index in [1.54, 1.807) is 0 Å². The van der Waals surface area contributed by atoms with Crippen molar-refractivity contribution in [1.29, 1.82) is 0 Å². The number of ether oxygens (including phenoxy) is 1. The number of methoxy groups -OCH3 is 1. The summed E-state index contributed by atoms with van der Waals surface area (Å²) in [4.78, 5) is 32.4. The van der Waals surface area contributed by atoms with Crippen LogP contribution in [0.4, 0.5) is 5.95 Å². The maximum atomic E-state index is 11.8. The maximum Gasteiger partial charge on any atom is 0.356 e. The average Bonchev–Trinajstić information content (AvgIpc) is 2.92. The molecule has 0 amide bonds. The van der Waals surface area contributed by atoms with E-state index >= 15 is 0 Å². The SMILES string of the molecule is [B]c1c(C(=O)OC)n2nc(N3CCCCC3)nc2[nH]c1=O. The third-order valence-electron chi connectivity index (χ3n) is 3.55. The third kappa shape index (κ3) is 2.28. The number of nitrogens with one attached hydrogen (secondary N) is 1. The molecule has 0 aromatic carbocycles. The van der Waals surface area contributed by atoms with Crippen molar-refractivity contribution >= 4 is 31.0 Å². The molecule has 108 valence electrons. The number of aromatic amines is 1. The molecule has 0 aliphatic carbocycles. The number of fused-ring (bicyclic) bond motifs is 1. The molecule has 3 rings (SSSR count). The van der Waals surface area contributed by atoms with Crippen LogP contribution in [0.2, 0.25) is 0 Å². The Kier molecular flexibility index (Phi) is 3.40. The summed E-state index contributed by atoms with van der Waals surface area (Å²) in [7, 11) is 6.89. The summed E-state index contributed by atoms with van der Waals surface area (Å²) in [5.41, 5.74) is -0.919. The molecule has 1 fully saturated rings. The second-order valence-corrected chi connectivity index (χ2v) is 4.90. The first-order chi connectivity index (χ1) is 10.1. The summed E-state index contributed by atoms with van der Waals surface area (Å²) in [6, 6.07) is 0. The van der Waals surface area contributed by atoms with Crippen LogP contribution < -0.4 is 15.9 Å². The van der Waals surface area contributed by atoms with Crippen LogP contribution in [0.15, 0.2) is 4.79 Å². The number of anilines is 1. The number of aromatic nitrogens is 4. The van der Waals surface area contributed by atoms with Crippen LogP contribution >= 0.6 is 0 Å². The van der Waals surface area contributed by atoms with Gasteiger partial charge in [-0.15, -0.1) is 5.10 Å². The molecular formula is C12H14BN5O3. The number of hydrogen-bond donors (Lipinski definition) is 1. The molecule has 0 atom stereocenters. The number of H-pyrrole nitrogens is 1. The molecule has 2 aromatic heterocycles. The van der Waals surface area contributed by atoms with Crippen molar-refractivity contribution in [2.24, 2.45) is 0 Å². The standard InChI is InChI=1S/C12H14BN5O3/c1-21-10(20)8-7(13)9(19)14-11-15-12(16-18(8)11)17-5-3-2-4-6-17/h2-6H2,1H3,(H,14,15,16,19). The van der Waals surface area contributed by atoms with Crippen molar-refractivity contribution < 1.29 is 9.53 Å². The molecule has 1 aliphatic rings. The number of hydrogen-bond acceptors (Lipinski definition) is 6. The molecule has 1 N–H and O–H groups in total. The quantitative estimate of drug-likeness (QED) is 0.562. The minimum atomic E-state index is -0.723. The molecule has 21 heavy (non-hydrogen) atoms. The molecule has 2 radical (unpaired) electrons. The summed E-state index contributed by atoms with van der Waals surface area (Å²) < 4.78 is 5.89. The minimum absolute atomic E-state index is 0.105. The van der Waals surface area contributed by atoms with E-state index in [9.17, 15) is 9.59 Å². The molecule has 9 heteroatoms. The summed E-state index contributed by atoms with van der Waals surface area (Å²) in [5, 5.41) is 4.29. The predicted molar refractivity (Wildman–Crippen MR) is 76.4 cm³/mol. The molecule has 2 aromatic rings. The Balaban J connectivity index is 2.16. The first kappa shape index (κ1) is 13.7. The van der Waals surface area contributed by atoms with Crippen molar-refractivity contribution in [3.63, 3.8) is 0 Å². The number of esters is 1. The van der Waals surface area contributed by atoms with E-state index in [0.717, 1.165) is 25.9 Å². The van der Waals surface area contributed by atoms with Gasteiger partial charge < -0.3 is 9.64 Å². The fraction of sp³-hybridized carbons (Fsp3) is 0.500. The average molecular weight is 287 g/mol. The first-order valence-corrected chi connectivity index (χ1v) is 6.73. The van der Waals surface area contributed by atoms with Gasteiger partial charge in [0.2, 0.25) is 17.3 Å². The third-order valence-corrected chi connectivity index (χ3v) is 3.55. The van der Waals surface area contributed by atoms with Crippen LogP contribution in [0, 0.1) is 0 Å². The van der Waals surface area contributed by atoms with E-state index in [4.69, 9.17) is 7.85 Å². The summed E-state index contributed by atoms with van der Waals surface area (Å²) in [6.07, 6.45) is 3.32. The molecule has 1 saturated heterocycles. The lowest BCUT2D eigenvalue weighted by atomic mass is 9.95. The van der Waals surface area contributed by atoms with E-state index < -0.39 is 11.5 Å². The monoisotopic (exact) mass is 287 g/mol. The Morgan fingerprint density at radius 1 is 1.33 bits per heavy atom. The van der Waals surface area contributed by atoms with Gasteiger partial charge in [0.25, 0.3) is 0 Å². The largest absolute Gasteiger partial charge is 0.464 e. The zero-order chi connectivity index (χ0) is 15.0. The van der Waals surface area contributed by atoms with Crippen LogP contribution in [0.3, 0.4) is 0 Å². The highest BCUT2D eigenvalue weighted by atomic mass is 16.5. The second-order valence-electron chi connectivity index (χ2n) is 4.90. The molecule has 0 saturated carbocycles. The Morgan fingerprint density at radius 3 is 2.71 bits per heavy atom. The van der Waals surface area contributed by atoms with Gasteiger partial charge >= 0.3 is 5.97 Å². The van der Waals surface area contributed by atoms with Gasteiger partial charge in [-0.25, -0.2) is 4.79 Å². The maximum absolute atomic E-state index is 11.8. The van der Waals surface area contributed by atoms with Crippen LogP contribution in [-0.2, 0) is 4.74 Å². The predicted octanol–water partition coefficient (Wildman–Crippen LogP) is -1.01. The minimum Gasteiger partial charge on any atom is -0.464 e. The van der Waals surface area contributed by atoms with E-state index in [2.05, 4.69) is 19.8 Å². The zero-order valence-electron chi connectivity index (χ0n) is 11.6. The second kappa shape index (κ2) is 5.23. The van der Waals surface area contributed by atoms with Crippen molar-refractivity contribution in [2.45, 2.75) is 19.3 Å². The smallest absolute Gasteiger partial charge is 0.356 e. The van der Waals surface area contributed by atoms with Gasteiger partial charge in [-0.05, 0) is 24.7 Å². The summed E-state index contributed by atoms with van der Waals surface area (Å²) in [5.74, 6) is -0.0741. The highest BCUT2D eigenvalue weighted by Gasteiger charge is 2.22. The van der Waals surface area contributed by atoms with Gasteiger partial charge in [0.05, 0.1) is 7.11 Å². The molecule has 1 aliphatic heterocycles. The molecule has 3 heterocycles. The van der Waals surface area contributed by atoms with Crippen LogP contribution in [-0.4, -0.2) is 53.6 Å². The van der Waals surface area contributed by atoms with Crippen molar-refractivity contribution in [3.8, 4) is 0 Å². The van der Waals surface area contributed by atoms with Crippen LogP contribution in [0.25, 0.3) is 5.78 Å². The van der Waals surface area contributed by atoms with Crippen LogP contribution in [0.1, 0.15) is 29.8 Å². The van der Waals surface area contributed by atoms with E-state index in [-0.39, 0.29) is 16.9 Å². The van der Waals surface area contributed by atoms with Gasteiger partial charge in [-0.2, -0.15) is 9.50 Å². The first-order valence-electron chi connectivity index (χ1n) is 6.73. The normalized spacial score (nSPS) is 15.4. The van der Waals surface area contributed by atoms with Gasteiger partial charge in [-0.1, -0.05) is 0 Å². The number of piperidine rings is 1. The number of nitrogens with zero attached hydrogens (tertiary/aromatic N) is 4. The molecule has 0 bridgehead atoms. The van der Waals surface area contributed by atoms with Crippen LogP contribution in [0.5, 0.6) is 0 Å². The Bertz CT molecular complexity index is 747. The van der Waals surface area contributed by atoms with Gasteiger partial charge in [0, 0.05) is 13.1 Å². The number of carbonyl (C=O) groups is 1. The Morgan fingerprint density at radius 2 is 2.05 bits per heavy atom. The van der Waals surface area contributed by atoms with Gasteiger partial charge in [0.1, 0.15) is 7.85 Å². The zero-order valence-corrected chi connectivity index (χ0v) is 11.6. The van der Waals surface area contributed by atoms with Crippen molar-refractivity contribution in [3.05, 3.63) is 16.0 Å². The summed E-state index contributed by atoms with van der Waals surface area (Å²) >= 11 is 0. The number of rotatable bonds is 2. The fourth-order valence-electron chi connectivity index (χ4n) is 2.45. The van der Waals surface area contributed by atoms with E-state index in [1.165, 1.54) is 18.0 Å². The number of carbonyl (C=O) groups excluding carboxylic acids is 1. The van der Waals surface area contributed by atoms with Crippen molar-refractivity contribution in [1.82, 2.24) is 19.6 Å². The summed E-state index contributed by atoms with van der Waals surface area (Å²) in [6.45, 7) is 1.70.